The first-order valence-electron chi connectivity index (χ1n) is 4.47. The molecule has 0 aliphatic rings. The molecule has 0 fully saturated rings. The van der Waals surface area contributed by atoms with Gasteiger partial charge < -0.3 is 15.6 Å². The van der Waals surface area contributed by atoms with Crippen molar-refractivity contribution in [2.45, 2.75) is 45.4 Å². The Morgan fingerprint density at radius 3 is 2.64 bits per heavy atom. The number of nitrogens with two attached hydrogens (primary N) is 1. The maximum absolute atomic E-state index is 8.72. The van der Waals surface area contributed by atoms with Crippen LogP contribution in [0.25, 0.3) is 0 Å². The highest BCUT2D eigenvalue weighted by Crippen LogP contribution is 2.11. The zero-order chi connectivity index (χ0) is 9.78. The number of hydrogen-bond donors (Lipinski definition) is 2. The van der Waals surface area contributed by atoms with E-state index in [1.165, 1.54) is 0 Å². The van der Waals surface area contributed by atoms with Crippen molar-refractivity contribution in [3.8, 4) is 0 Å². The van der Waals surface area contributed by atoms with Gasteiger partial charge >= 0.3 is 0 Å². The third kappa shape index (κ3) is 5.18. The highest BCUT2D eigenvalue weighted by atomic mass is 16.5. The molecule has 0 rings (SSSR count). The molecule has 3 heteroatoms. The van der Waals surface area contributed by atoms with Crippen LogP contribution in [0.2, 0.25) is 0 Å². The average molecular weight is 162 g/mol. The van der Waals surface area contributed by atoms with Crippen LogP contribution in [0, 0.1) is 0 Å². The fourth-order valence-corrected chi connectivity index (χ4v) is 0.739. The largest absolute Gasteiger partial charge is 0.395 e. The van der Waals surface area contributed by atoms with Crippen LogP contribution >= 0.6 is 0 Å². The molecule has 3 N–H and O–H groups in total. The van der Waals surface area contributed by atoms with Gasteiger partial charge in [-0.25, -0.2) is 0 Å². The first-order chi connectivity index (χ1) is 5.43. The Balaban J connectivity index is 3.90. The molecule has 2 atom stereocenters. The van der Waals surface area contributed by atoms with Crippen LogP contribution in [0.15, 0.2) is 0 Å². The molecule has 0 unspecified atom stereocenters. The lowest BCUT2D eigenvalue weighted by Gasteiger charge is -2.27. The molecule has 0 aliphatic heterocycles. The van der Waals surface area contributed by atoms with Gasteiger partial charge in [0.2, 0.25) is 0 Å². The predicted molar refractivity (Wildman–Crippen MR) is 45.4 cm³/mol. The summed E-state index contributed by atoms with van der Waals surface area (Å²) in [6.45, 7) is 5.57. The lowest BCUT2D eigenvalue weighted by Crippen LogP contribution is -2.41. The van der Waals surface area contributed by atoms with E-state index in [1.807, 2.05) is 13.8 Å². The van der Waals surface area contributed by atoms with Crippen LogP contribution in [-0.2, 0) is 4.74 Å². The molecule has 0 heterocycles. The highest BCUT2D eigenvalue weighted by molar-refractivity contribution is 4.71. The van der Waals surface area contributed by atoms with E-state index in [0.29, 0.717) is 0 Å². The second-order valence-electron chi connectivity index (χ2n) is 3.43. The summed E-state index contributed by atoms with van der Waals surface area (Å²) in [7, 11) is 0. The van der Waals surface area contributed by atoms with Gasteiger partial charge in [0.05, 0.1) is 24.4 Å². The first kappa shape index (κ1) is 8.97. The fourth-order valence-electron chi connectivity index (χ4n) is 0.739. The molecular formula is C8H19NO2. The highest BCUT2D eigenvalue weighted by Gasteiger charge is 2.19. The van der Waals surface area contributed by atoms with E-state index in [9.17, 15) is 0 Å². The van der Waals surface area contributed by atoms with Gasteiger partial charge in [-0.2, -0.15) is 0 Å². The third-order valence-electron chi connectivity index (χ3n) is 1.32. The quantitative estimate of drug-likeness (QED) is 0.635. The SMILES string of the molecule is [2H]CC(C)(C)O[C@H](C)[C@H](N)CO. The topological polar surface area (TPSA) is 55.5 Å². The molecule has 0 aliphatic carbocycles. The van der Waals surface area contributed by atoms with Gasteiger partial charge in [0, 0.05) is 1.37 Å². The predicted octanol–water partition coefficient (Wildman–Crippen LogP) is 0.510. The fraction of sp³-hybridized carbons (Fsp3) is 1.00. The summed E-state index contributed by atoms with van der Waals surface area (Å²) in [4.78, 5) is 0. The van der Waals surface area contributed by atoms with Crippen molar-refractivity contribution in [3.05, 3.63) is 0 Å². The van der Waals surface area contributed by atoms with Crippen molar-refractivity contribution >= 4 is 0 Å². The summed E-state index contributed by atoms with van der Waals surface area (Å²) in [6, 6.07) is -0.365. The summed E-state index contributed by atoms with van der Waals surface area (Å²) in [6.07, 6.45) is -0.213. The van der Waals surface area contributed by atoms with Gasteiger partial charge in [0.1, 0.15) is 0 Å². The van der Waals surface area contributed by atoms with Gasteiger partial charge in [0.25, 0.3) is 0 Å². The summed E-state index contributed by atoms with van der Waals surface area (Å²) < 4.78 is 12.6. The van der Waals surface area contributed by atoms with E-state index in [-0.39, 0.29) is 25.7 Å². The monoisotopic (exact) mass is 162 g/mol. The Kier molecular flexibility index (Phi) is 3.30. The Morgan fingerprint density at radius 2 is 2.27 bits per heavy atom. The zero-order valence-corrected chi connectivity index (χ0v) is 7.50. The van der Waals surface area contributed by atoms with Crippen LogP contribution in [0.4, 0.5) is 0 Å². The maximum Gasteiger partial charge on any atom is 0.0727 e. The minimum absolute atomic E-state index is 0.0880. The Labute approximate surface area is 69.9 Å². The third-order valence-corrected chi connectivity index (χ3v) is 1.32. The Bertz CT molecular complexity index is 130. The van der Waals surface area contributed by atoms with Crippen molar-refractivity contribution in [2.24, 2.45) is 5.73 Å². The van der Waals surface area contributed by atoms with E-state index >= 15 is 0 Å². The molecule has 3 nitrogen and oxygen atoms in total. The molecule has 0 amide bonds. The molecule has 0 aromatic carbocycles. The van der Waals surface area contributed by atoms with E-state index < -0.39 is 5.60 Å². The van der Waals surface area contributed by atoms with Crippen molar-refractivity contribution in [1.82, 2.24) is 0 Å². The molecule has 0 saturated carbocycles. The maximum atomic E-state index is 8.72. The molecule has 0 bridgehead atoms. The van der Waals surface area contributed by atoms with Crippen LogP contribution in [0.3, 0.4) is 0 Å². The van der Waals surface area contributed by atoms with Crippen molar-refractivity contribution in [1.29, 1.82) is 0 Å². The summed E-state index contributed by atoms with van der Waals surface area (Å²) in [5.41, 5.74) is 5.06. The molecule has 11 heavy (non-hydrogen) atoms. The number of aliphatic hydroxyl groups excluding tert-OH is 1. The second kappa shape index (κ2) is 4.04. The Hall–Kier alpha value is -0.120. The van der Waals surface area contributed by atoms with E-state index in [0.717, 1.165) is 0 Å². The van der Waals surface area contributed by atoms with Crippen LogP contribution in [0.1, 0.15) is 29.0 Å². The van der Waals surface area contributed by atoms with Crippen molar-refractivity contribution < 1.29 is 11.2 Å². The normalized spacial score (nSPS) is 19.2. The lowest BCUT2D eigenvalue weighted by molar-refractivity contribution is -0.0669. The Morgan fingerprint density at radius 1 is 1.73 bits per heavy atom. The molecule has 0 spiro atoms. The minimum Gasteiger partial charge on any atom is -0.395 e. The summed E-state index contributed by atoms with van der Waals surface area (Å²) >= 11 is 0. The average Bonchev–Trinajstić information content (AvgIpc) is 2.02. The van der Waals surface area contributed by atoms with Crippen LogP contribution in [-0.4, -0.2) is 29.5 Å². The van der Waals surface area contributed by atoms with E-state index in [2.05, 4.69) is 0 Å². The number of aliphatic hydroxyl groups is 1. The molecule has 68 valence electrons. The molecule has 0 aromatic rings. The first-order valence-corrected chi connectivity index (χ1v) is 3.76. The van der Waals surface area contributed by atoms with Gasteiger partial charge in [-0.1, -0.05) is 0 Å². The van der Waals surface area contributed by atoms with Crippen molar-refractivity contribution in [2.75, 3.05) is 6.61 Å². The van der Waals surface area contributed by atoms with Gasteiger partial charge in [-0.05, 0) is 27.7 Å². The number of hydrogen-bond acceptors (Lipinski definition) is 3. The lowest BCUT2D eigenvalue weighted by atomic mass is 10.1. The molecular weight excluding hydrogens is 142 g/mol. The minimum atomic E-state index is -0.480. The molecule has 0 radical (unpaired) electrons. The van der Waals surface area contributed by atoms with Gasteiger partial charge in [-0.3, -0.25) is 0 Å². The van der Waals surface area contributed by atoms with Gasteiger partial charge in [0.15, 0.2) is 0 Å². The smallest absolute Gasteiger partial charge is 0.0727 e. The van der Waals surface area contributed by atoms with E-state index in [1.54, 1.807) is 6.92 Å². The van der Waals surface area contributed by atoms with Gasteiger partial charge in [-0.15, -0.1) is 0 Å². The van der Waals surface area contributed by atoms with Crippen LogP contribution < -0.4 is 5.73 Å². The number of ether oxygens (including phenoxy) is 1. The molecule has 0 aromatic heterocycles. The summed E-state index contributed by atoms with van der Waals surface area (Å²) in [5, 5.41) is 8.72. The van der Waals surface area contributed by atoms with Crippen LogP contribution in [0.5, 0.6) is 0 Å². The standard InChI is InChI=1S/C8H19NO2/c1-6(7(9)5-10)11-8(2,3)4/h6-7,10H,5,9H2,1-4H3/t6-,7-/m1/s1/i2D. The number of rotatable bonds is 3. The zero-order valence-electron chi connectivity index (χ0n) is 8.50. The second-order valence-corrected chi connectivity index (χ2v) is 3.43. The van der Waals surface area contributed by atoms with E-state index in [4.69, 9.17) is 16.9 Å². The molecule has 0 saturated heterocycles. The summed E-state index contributed by atoms with van der Waals surface area (Å²) in [5.74, 6) is 0. The van der Waals surface area contributed by atoms with Crippen molar-refractivity contribution in [3.63, 3.8) is 0 Å².